The van der Waals surface area contributed by atoms with Gasteiger partial charge < -0.3 is 5.32 Å². The van der Waals surface area contributed by atoms with Crippen molar-refractivity contribution >= 4 is 22.4 Å². The first-order valence-corrected chi connectivity index (χ1v) is 7.37. The van der Waals surface area contributed by atoms with E-state index in [2.05, 4.69) is 27.4 Å². The first-order valence-electron chi connectivity index (χ1n) is 6.49. The summed E-state index contributed by atoms with van der Waals surface area (Å²) < 4.78 is 0. The zero-order valence-electron chi connectivity index (χ0n) is 11.7. The number of benzene rings is 1. The van der Waals surface area contributed by atoms with Crippen LogP contribution < -0.4 is 5.32 Å². The molecule has 5 nitrogen and oxygen atoms in total. The molecule has 0 aliphatic heterocycles. The van der Waals surface area contributed by atoms with Crippen LogP contribution in [0.5, 0.6) is 0 Å². The van der Waals surface area contributed by atoms with Crippen molar-refractivity contribution in [3.63, 3.8) is 0 Å². The SMILES string of the molecule is C#[N+]OCc1ccc(CCc2csc(NC(C)=O)n2)cc1. The fraction of sp³-hybridized carbons (Fsp3) is 0.267. The molecule has 0 aliphatic rings. The van der Waals surface area contributed by atoms with Crippen LogP contribution in [0.25, 0.3) is 5.01 Å². The molecule has 0 saturated heterocycles. The zero-order valence-corrected chi connectivity index (χ0v) is 12.5. The maximum atomic E-state index is 10.9. The monoisotopic (exact) mass is 302 g/mol. The van der Waals surface area contributed by atoms with Crippen molar-refractivity contribution < 1.29 is 9.63 Å². The molecule has 0 bridgehead atoms. The second-order valence-corrected chi connectivity index (χ2v) is 5.38. The van der Waals surface area contributed by atoms with Crippen LogP contribution in [-0.4, -0.2) is 10.9 Å². The van der Waals surface area contributed by atoms with E-state index in [1.807, 2.05) is 17.5 Å². The molecule has 1 aromatic heterocycles. The Morgan fingerprint density at radius 2 is 2.05 bits per heavy atom. The fourth-order valence-corrected chi connectivity index (χ4v) is 2.61. The second kappa shape index (κ2) is 7.41. The number of carbonyl (C=O) groups excluding carboxylic acids is 1. The molecule has 1 aromatic carbocycles. The summed E-state index contributed by atoms with van der Waals surface area (Å²) in [5.41, 5.74) is 3.23. The van der Waals surface area contributed by atoms with E-state index >= 15 is 0 Å². The number of aryl methyl sites for hydroxylation is 2. The Morgan fingerprint density at radius 3 is 2.71 bits per heavy atom. The highest BCUT2D eigenvalue weighted by molar-refractivity contribution is 7.13. The molecule has 6 heteroatoms. The Bertz CT molecular complexity index is 644. The number of nitrogens with zero attached hydrogens (tertiary/aromatic N) is 2. The van der Waals surface area contributed by atoms with E-state index in [9.17, 15) is 4.79 Å². The summed E-state index contributed by atoms with van der Waals surface area (Å²) in [5.74, 6) is -0.0991. The molecular weight excluding hydrogens is 286 g/mol. The number of rotatable bonds is 6. The summed E-state index contributed by atoms with van der Waals surface area (Å²) in [6, 6.07) is 8.08. The van der Waals surface area contributed by atoms with Crippen molar-refractivity contribution in [3.05, 3.63) is 51.5 Å². The number of hydrogen-bond acceptors (Lipinski definition) is 4. The molecule has 21 heavy (non-hydrogen) atoms. The average Bonchev–Trinajstić information content (AvgIpc) is 2.91. The number of thiazole rings is 1. The molecule has 0 aliphatic carbocycles. The summed E-state index contributed by atoms with van der Waals surface area (Å²) in [6.07, 6.45) is 1.73. The summed E-state index contributed by atoms with van der Waals surface area (Å²) in [6.45, 7) is 6.78. The minimum atomic E-state index is -0.0991. The van der Waals surface area contributed by atoms with Gasteiger partial charge in [0, 0.05) is 12.3 Å². The number of carbonyl (C=O) groups is 1. The van der Waals surface area contributed by atoms with Gasteiger partial charge in [0.1, 0.15) is 0 Å². The fourth-order valence-electron chi connectivity index (χ4n) is 1.82. The molecule has 0 unspecified atom stereocenters. The predicted molar refractivity (Wildman–Crippen MR) is 83.4 cm³/mol. The Morgan fingerprint density at radius 1 is 1.33 bits per heavy atom. The van der Waals surface area contributed by atoms with Gasteiger partial charge in [-0.1, -0.05) is 24.3 Å². The molecule has 1 amide bonds. The average molecular weight is 302 g/mol. The topological polar surface area (TPSA) is 55.6 Å². The van der Waals surface area contributed by atoms with Gasteiger partial charge in [-0.25, -0.2) is 4.98 Å². The van der Waals surface area contributed by atoms with Gasteiger partial charge in [0.15, 0.2) is 5.13 Å². The lowest BCUT2D eigenvalue weighted by molar-refractivity contribution is -0.114. The molecule has 108 valence electrons. The maximum Gasteiger partial charge on any atom is 0.335 e. The van der Waals surface area contributed by atoms with Crippen molar-refractivity contribution in [2.45, 2.75) is 26.4 Å². The normalized spacial score (nSPS) is 9.90. The highest BCUT2D eigenvalue weighted by atomic mass is 32.1. The minimum Gasteiger partial charge on any atom is -0.302 e. The largest absolute Gasteiger partial charge is 0.335 e. The highest BCUT2D eigenvalue weighted by Gasteiger charge is 2.04. The van der Waals surface area contributed by atoms with Crippen molar-refractivity contribution in [1.82, 2.24) is 4.98 Å². The first-order chi connectivity index (χ1) is 10.2. The number of amides is 1. The Hall–Kier alpha value is -2.39. The molecule has 1 N–H and O–H groups in total. The van der Waals surface area contributed by atoms with E-state index in [0.717, 1.165) is 24.1 Å². The number of nitrogens with one attached hydrogen (secondary N) is 1. The van der Waals surface area contributed by atoms with E-state index in [0.29, 0.717) is 11.7 Å². The van der Waals surface area contributed by atoms with Gasteiger partial charge in [0.05, 0.1) is 5.69 Å². The highest BCUT2D eigenvalue weighted by Crippen LogP contribution is 2.17. The molecular formula is C15H16N3O2S+. The third-order valence-corrected chi connectivity index (χ3v) is 3.64. The molecule has 0 spiro atoms. The Balaban J connectivity index is 1.86. The standard InChI is InChI=1S/C15H15N3O2S/c1-11(19)17-15-18-14(10-21-15)8-7-12-3-5-13(6-4-12)9-20-16-2/h2-6,10H,7-9H2,1H3/p+1. The Kier molecular flexibility index (Phi) is 5.29. The van der Waals surface area contributed by atoms with Crippen LogP contribution in [0, 0.1) is 6.57 Å². The van der Waals surface area contributed by atoms with Crippen LogP contribution >= 0.6 is 11.3 Å². The van der Waals surface area contributed by atoms with Crippen LogP contribution in [0.4, 0.5) is 5.13 Å². The van der Waals surface area contributed by atoms with E-state index in [-0.39, 0.29) is 5.91 Å². The van der Waals surface area contributed by atoms with Crippen molar-refractivity contribution in [2.75, 3.05) is 5.32 Å². The Labute approximate surface area is 127 Å². The lowest BCUT2D eigenvalue weighted by atomic mass is 10.1. The van der Waals surface area contributed by atoms with E-state index < -0.39 is 0 Å². The first kappa shape index (κ1) is 15.0. The summed E-state index contributed by atoms with van der Waals surface area (Å²) >= 11 is 1.44. The van der Waals surface area contributed by atoms with Crippen molar-refractivity contribution in [3.8, 4) is 6.57 Å². The molecule has 0 saturated carbocycles. The molecule has 1 heterocycles. The summed E-state index contributed by atoms with van der Waals surface area (Å²) in [5, 5.41) is 8.42. The zero-order chi connectivity index (χ0) is 15.1. The van der Waals surface area contributed by atoms with E-state index in [1.165, 1.54) is 23.8 Å². The van der Waals surface area contributed by atoms with Gasteiger partial charge in [-0.3, -0.25) is 4.79 Å². The van der Waals surface area contributed by atoms with Gasteiger partial charge in [-0.2, -0.15) is 4.84 Å². The number of hydrogen-bond donors (Lipinski definition) is 1. The lowest BCUT2D eigenvalue weighted by Gasteiger charge is -2.01. The second-order valence-electron chi connectivity index (χ2n) is 4.52. The van der Waals surface area contributed by atoms with Crippen LogP contribution in [0.15, 0.2) is 29.6 Å². The summed E-state index contributed by atoms with van der Waals surface area (Å²) in [7, 11) is 0. The molecule has 2 rings (SSSR count). The van der Waals surface area contributed by atoms with Gasteiger partial charge in [0.2, 0.25) is 17.5 Å². The third-order valence-electron chi connectivity index (χ3n) is 2.83. The van der Waals surface area contributed by atoms with Crippen LogP contribution in [0.3, 0.4) is 0 Å². The minimum absolute atomic E-state index is 0.0991. The quantitative estimate of drug-likeness (QED) is 0.833. The molecule has 2 aromatic rings. The van der Waals surface area contributed by atoms with Crippen molar-refractivity contribution in [1.29, 1.82) is 0 Å². The van der Waals surface area contributed by atoms with Crippen LogP contribution in [0.2, 0.25) is 0 Å². The van der Waals surface area contributed by atoms with E-state index in [1.54, 1.807) is 0 Å². The van der Waals surface area contributed by atoms with E-state index in [4.69, 9.17) is 11.4 Å². The van der Waals surface area contributed by atoms with Gasteiger partial charge >= 0.3 is 6.57 Å². The molecule has 0 atom stereocenters. The molecule has 0 fully saturated rings. The van der Waals surface area contributed by atoms with Crippen molar-refractivity contribution in [2.24, 2.45) is 0 Å². The number of anilines is 1. The third kappa shape index (κ3) is 4.89. The summed E-state index contributed by atoms with van der Waals surface area (Å²) in [4.78, 5) is 20.1. The number of aromatic nitrogens is 1. The lowest BCUT2D eigenvalue weighted by Crippen LogP contribution is -2.05. The smallest absolute Gasteiger partial charge is 0.302 e. The predicted octanol–water partition coefficient (Wildman–Crippen LogP) is 3.28. The van der Waals surface area contributed by atoms with Crippen LogP contribution in [-0.2, 0) is 29.1 Å². The van der Waals surface area contributed by atoms with Crippen LogP contribution in [0.1, 0.15) is 23.7 Å². The van der Waals surface area contributed by atoms with Gasteiger partial charge in [-0.05, 0) is 24.0 Å². The molecule has 0 radical (unpaired) electrons. The van der Waals surface area contributed by atoms with Gasteiger partial charge in [0.25, 0.3) is 0 Å². The van der Waals surface area contributed by atoms with Gasteiger partial charge in [-0.15, -0.1) is 11.3 Å². The maximum absolute atomic E-state index is 10.9.